The van der Waals surface area contributed by atoms with Crippen molar-refractivity contribution >= 4 is 28.7 Å². The van der Waals surface area contributed by atoms with Crippen molar-refractivity contribution < 1.29 is 4.79 Å². The fourth-order valence-electron chi connectivity index (χ4n) is 3.51. The van der Waals surface area contributed by atoms with E-state index in [1.165, 1.54) is 4.88 Å². The molecule has 1 amide bonds. The molecule has 3 rings (SSSR count). The number of thiophene rings is 1. The van der Waals surface area contributed by atoms with Crippen molar-refractivity contribution in [1.29, 1.82) is 0 Å². The largest absolute Gasteiger partial charge is 0.354 e. The first-order valence-electron chi connectivity index (χ1n) is 10.1. The summed E-state index contributed by atoms with van der Waals surface area (Å²) in [5.74, 6) is 1.10. The van der Waals surface area contributed by atoms with Gasteiger partial charge in [-0.05, 0) is 57.1 Å². The Bertz CT molecular complexity index is 948. The van der Waals surface area contributed by atoms with Gasteiger partial charge >= 0.3 is 0 Å². The number of carbonyl (C=O) groups is 1. The van der Waals surface area contributed by atoms with E-state index in [0.29, 0.717) is 5.56 Å². The van der Waals surface area contributed by atoms with Gasteiger partial charge in [-0.1, -0.05) is 13.0 Å². The lowest BCUT2D eigenvalue weighted by Gasteiger charge is -2.21. The number of amides is 1. The van der Waals surface area contributed by atoms with Gasteiger partial charge in [-0.15, -0.1) is 11.3 Å². The highest BCUT2D eigenvalue weighted by Crippen LogP contribution is 2.25. The van der Waals surface area contributed by atoms with Crippen LogP contribution in [0.4, 0.5) is 5.82 Å². The molecule has 156 valence electrons. The molecule has 0 aromatic carbocycles. The van der Waals surface area contributed by atoms with Gasteiger partial charge in [-0.3, -0.25) is 9.20 Å². The van der Waals surface area contributed by atoms with Crippen LogP contribution in [-0.2, 0) is 13.0 Å². The van der Waals surface area contributed by atoms with Crippen molar-refractivity contribution in [2.75, 3.05) is 46.2 Å². The molecule has 0 atom stereocenters. The smallest absolute Gasteiger partial charge is 0.255 e. The van der Waals surface area contributed by atoms with Crippen LogP contribution in [0.15, 0.2) is 35.8 Å². The molecule has 0 fully saturated rings. The van der Waals surface area contributed by atoms with E-state index in [-0.39, 0.29) is 5.91 Å². The highest BCUT2D eigenvalue weighted by atomic mass is 32.1. The third-order valence-electron chi connectivity index (χ3n) is 5.02. The molecule has 0 spiro atoms. The van der Waals surface area contributed by atoms with Gasteiger partial charge in [-0.2, -0.15) is 0 Å². The Balaban J connectivity index is 1.86. The topological polar surface area (TPSA) is 44.1 Å². The number of hydrogen-bond donors (Lipinski definition) is 0. The molecule has 0 bridgehead atoms. The molecule has 6 nitrogen and oxygen atoms in total. The van der Waals surface area contributed by atoms with Gasteiger partial charge in [0.15, 0.2) is 0 Å². The minimum Gasteiger partial charge on any atom is -0.354 e. The van der Waals surface area contributed by atoms with E-state index in [2.05, 4.69) is 45.7 Å². The number of nitrogens with zero attached hydrogens (tertiary/aromatic N) is 5. The maximum absolute atomic E-state index is 12.9. The number of rotatable bonds is 9. The molecular formula is C22H31N5OS. The van der Waals surface area contributed by atoms with E-state index in [9.17, 15) is 4.79 Å². The summed E-state index contributed by atoms with van der Waals surface area (Å²) in [6, 6.07) is 8.05. The van der Waals surface area contributed by atoms with Crippen molar-refractivity contribution in [3.05, 3.63) is 52.0 Å². The Kier molecular flexibility index (Phi) is 6.92. The van der Waals surface area contributed by atoms with E-state index in [4.69, 9.17) is 4.98 Å². The normalized spacial score (nSPS) is 11.4. The van der Waals surface area contributed by atoms with Crippen molar-refractivity contribution in [2.45, 2.75) is 26.3 Å². The zero-order chi connectivity index (χ0) is 21.0. The molecule has 7 heteroatoms. The maximum atomic E-state index is 12.9. The van der Waals surface area contributed by atoms with Crippen LogP contribution in [0, 0.1) is 0 Å². The molecule has 0 saturated carbocycles. The van der Waals surface area contributed by atoms with Crippen LogP contribution in [0.5, 0.6) is 0 Å². The van der Waals surface area contributed by atoms with E-state index >= 15 is 0 Å². The van der Waals surface area contributed by atoms with Crippen LogP contribution >= 0.6 is 11.3 Å². The molecule has 29 heavy (non-hydrogen) atoms. The first-order chi connectivity index (χ1) is 13.9. The second kappa shape index (κ2) is 9.41. The molecule has 0 saturated heterocycles. The third kappa shape index (κ3) is 4.97. The Hall–Kier alpha value is -2.38. The summed E-state index contributed by atoms with van der Waals surface area (Å²) in [5, 5.41) is 2.10. The lowest BCUT2D eigenvalue weighted by Crippen LogP contribution is -2.30. The monoisotopic (exact) mass is 413 g/mol. The second-order valence-electron chi connectivity index (χ2n) is 7.70. The van der Waals surface area contributed by atoms with Crippen molar-refractivity contribution in [2.24, 2.45) is 0 Å². The van der Waals surface area contributed by atoms with Crippen molar-refractivity contribution in [3.8, 4) is 0 Å². The number of hydrogen-bond acceptors (Lipinski definition) is 5. The van der Waals surface area contributed by atoms with Gasteiger partial charge in [0.05, 0.1) is 17.8 Å². The summed E-state index contributed by atoms with van der Waals surface area (Å²) in [4.78, 5) is 25.2. The van der Waals surface area contributed by atoms with Crippen molar-refractivity contribution in [3.63, 3.8) is 0 Å². The quantitative estimate of drug-likeness (QED) is 0.537. The number of anilines is 1. The Morgan fingerprint density at radius 3 is 2.59 bits per heavy atom. The van der Waals surface area contributed by atoms with E-state index in [1.807, 2.05) is 39.5 Å². The van der Waals surface area contributed by atoms with Gasteiger partial charge in [-0.25, -0.2) is 4.98 Å². The number of imidazole rings is 1. The zero-order valence-corrected chi connectivity index (χ0v) is 18.9. The molecule has 3 heterocycles. The number of carbonyl (C=O) groups excluding carboxylic acids is 1. The third-order valence-corrected chi connectivity index (χ3v) is 5.89. The van der Waals surface area contributed by atoms with Gasteiger partial charge < -0.3 is 14.7 Å². The van der Waals surface area contributed by atoms with E-state index in [0.717, 1.165) is 49.6 Å². The number of aryl methyl sites for hydroxylation is 1. The molecule has 0 aliphatic carbocycles. The highest BCUT2D eigenvalue weighted by Gasteiger charge is 2.18. The lowest BCUT2D eigenvalue weighted by atomic mass is 10.2. The van der Waals surface area contributed by atoms with Crippen LogP contribution in [0.25, 0.3) is 5.65 Å². The standard InChI is InChI=1S/C22H31N5OS/c1-6-19-21(26(5)16-18-9-7-14-29-18)27-15-17(10-11-20(27)23-19)22(28)25(4)13-8-12-24(2)3/h7,9-11,14-15H,6,8,12-13,16H2,1-5H3. The number of aromatic nitrogens is 2. The van der Waals surface area contributed by atoms with Gasteiger partial charge in [0.2, 0.25) is 0 Å². The molecule has 3 aromatic heterocycles. The van der Waals surface area contributed by atoms with Gasteiger partial charge in [0, 0.05) is 31.7 Å². The summed E-state index contributed by atoms with van der Waals surface area (Å²) in [5.41, 5.74) is 2.62. The summed E-state index contributed by atoms with van der Waals surface area (Å²) in [6.07, 6.45) is 3.74. The zero-order valence-electron chi connectivity index (χ0n) is 18.1. The lowest BCUT2D eigenvalue weighted by molar-refractivity contribution is 0.0790. The molecule has 0 N–H and O–H groups in total. The fourth-order valence-corrected chi connectivity index (χ4v) is 4.26. The fraction of sp³-hybridized carbons (Fsp3) is 0.455. The minimum atomic E-state index is 0.0456. The van der Waals surface area contributed by atoms with Crippen LogP contribution in [-0.4, -0.2) is 66.4 Å². The maximum Gasteiger partial charge on any atom is 0.255 e. The predicted octanol–water partition coefficient (Wildman–Crippen LogP) is 3.62. The first kappa shape index (κ1) is 21.3. The minimum absolute atomic E-state index is 0.0456. The van der Waals surface area contributed by atoms with Crippen LogP contribution < -0.4 is 4.90 Å². The second-order valence-corrected chi connectivity index (χ2v) is 8.73. The van der Waals surface area contributed by atoms with E-state index in [1.54, 1.807) is 16.2 Å². The molecule has 0 radical (unpaired) electrons. The predicted molar refractivity (Wildman–Crippen MR) is 121 cm³/mol. The Morgan fingerprint density at radius 2 is 1.93 bits per heavy atom. The van der Waals surface area contributed by atoms with Gasteiger partial charge in [0.25, 0.3) is 5.91 Å². The molecule has 3 aromatic rings. The van der Waals surface area contributed by atoms with Crippen LogP contribution in [0.1, 0.15) is 34.3 Å². The van der Waals surface area contributed by atoms with Crippen LogP contribution in [0.3, 0.4) is 0 Å². The SMILES string of the molecule is CCc1nc2ccc(C(=O)N(C)CCCN(C)C)cn2c1N(C)Cc1cccs1. The average molecular weight is 414 g/mol. The molecule has 0 unspecified atom stereocenters. The number of pyridine rings is 1. The van der Waals surface area contributed by atoms with E-state index < -0.39 is 0 Å². The Labute approximate surface area is 177 Å². The highest BCUT2D eigenvalue weighted by molar-refractivity contribution is 7.09. The first-order valence-corrected chi connectivity index (χ1v) is 10.9. The summed E-state index contributed by atoms with van der Waals surface area (Å²) in [6.45, 7) is 4.65. The Morgan fingerprint density at radius 1 is 1.14 bits per heavy atom. The summed E-state index contributed by atoms with van der Waals surface area (Å²) < 4.78 is 2.06. The summed E-state index contributed by atoms with van der Waals surface area (Å²) in [7, 11) is 8.06. The summed E-state index contributed by atoms with van der Waals surface area (Å²) >= 11 is 1.75. The molecule has 0 aliphatic heterocycles. The molecular weight excluding hydrogens is 382 g/mol. The molecule has 0 aliphatic rings. The van der Waals surface area contributed by atoms with Crippen LogP contribution in [0.2, 0.25) is 0 Å². The average Bonchev–Trinajstić information content (AvgIpc) is 3.33. The van der Waals surface area contributed by atoms with Crippen molar-refractivity contribution in [1.82, 2.24) is 19.2 Å². The number of fused-ring (bicyclic) bond motifs is 1. The van der Waals surface area contributed by atoms with Gasteiger partial charge in [0.1, 0.15) is 11.5 Å².